The predicted molar refractivity (Wildman–Crippen MR) is 155 cm³/mol. The van der Waals surface area contributed by atoms with Crippen molar-refractivity contribution in [3.8, 4) is 27.8 Å². The maximum Gasteiger partial charge on any atom is 0.341 e. The van der Waals surface area contributed by atoms with E-state index in [0.717, 1.165) is 10.4 Å². The van der Waals surface area contributed by atoms with Gasteiger partial charge in [-0.2, -0.15) is 0 Å². The second kappa shape index (κ2) is 11.4. The summed E-state index contributed by atoms with van der Waals surface area (Å²) < 4.78 is 12.0. The number of hydrogen-bond donors (Lipinski definition) is 1. The summed E-state index contributed by atoms with van der Waals surface area (Å²) in [7, 11) is 0. The summed E-state index contributed by atoms with van der Waals surface area (Å²) in [6.07, 6.45) is 1.49. The standard InChI is InChI=1S/C31H26N2O5S/c1-3-37-22-16-14-21(15-17-22)33-29(34)24-13-9-8-12-23(24)26(30(33)35)19-32-28-25(31(36)38-4-2)18-27(39-28)20-10-6-5-7-11-20/h5-19,35H,3-4H2,1-2H3/b32-19+. The molecule has 196 valence electrons. The number of aliphatic imine (C=N–C) groups is 1. The highest BCUT2D eigenvalue weighted by Gasteiger charge is 2.20. The highest BCUT2D eigenvalue weighted by atomic mass is 32.1. The van der Waals surface area contributed by atoms with Crippen molar-refractivity contribution >= 4 is 39.3 Å². The fourth-order valence-corrected chi connectivity index (χ4v) is 5.28. The van der Waals surface area contributed by atoms with Gasteiger partial charge in [0.25, 0.3) is 5.56 Å². The summed E-state index contributed by atoms with van der Waals surface area (Å²) in [5.41, 5.74) is 1.76. The summed E-state index contributed by atoms with van der Waals surface area (Å²) in [5.74, 6) is -0.0737. The van der Waals surface area contributed by atoms with Crippen molar-refractivity contribution < 1.29 is 19.4 Å². The minimum atomic E-state index is -0.475. The molecule has 3 aromatic carbocycles. The number of ether oxygens (including phenoxy) is 2. The minimum absolute atomic E-state index is 0.233. The van der Waals surface area contributed by atoms with Crippen molar-refractivity contribution in [2.24, 2.45) is 4.99 Å². The lowest BCUT2D eigenvalue weighted by Crippen LogP contribution is -2.20. The van der Waals surface area contributed by atoms with Gasteiger partial charge in [-0.1, -0.05) is 48.5 Å². The number of aromatic nitrogens is 1. The van der Waals surface area contributed by atoms with Crippen LogP contribution in [0.3, 0.4) is 0 Å². The van der Waals surface area contributed by atoms with Crippen LogP contribution in [0.5, 0.6) is 11.6 Å². The largest absolute Gasteiger partial charge is 0.494 e. The van der Waals surface area contributed by atoms with Gasteiger partial charge in [0.05, 0.1) is 30.0 Å². The molecule has 5 aromatic rings. The Morgan fingerprint density at radius 1 is 0.949 bits per heavy atom. The molecule has 2 heterocycles. The predicted octanol–water partition coefficient (Wildman–Crippen LogP) is 6.75. The van der Waals surface area contributed by atoms with Gasteiger partial charge in [-0.05, 0) is 55.8 Å². The molecule has 0 fully saturated rings. The minimum Gasteiger partial charge on any atom is -0.494 e. The number of aromatic hydroxyl groups is 1. The average molecular weight is 539 g/mol. The number of pyridine rings is 1. The number of esters is 1. The van der Waals surface area contributed by atoms with Gasteiger partial charge >= 0.3 is 5.97 Å². The molecule has 0 unspecified atom stereocenters. The number of carbonyl (C=O) groups is 1. The average Bonchev–Trinajstić information content (AvgIpc) is 3.39. The zero-order valence-corrected chi connectivity index (χ0v) is 22.3. The van der Waals surface area contributed by atoms with Crippen LogP contribution in [0.4, 0.5) is 5.00 Å². The van der Waals surface area contributed by atoms with Gasteiger partial charge < -0.3 is 14.6 Å². The van der Waals surface area contributed by atoms with E-state index in [9.17, 15) is 14.7 Å². The van der Waals surface area contributed by atoms with Gasteiger partial charge in [0.2, 0.25) is 5.88 Å². The van der Waals surface area contributed by atoms with Crippen LogP contribution in [0.15, 0.2) is 94.7 Å². The third-order valence-electron chi connectivity index (χ3n) is 6.09. The van der Waals surface area contributed by atoms with Crippen molar-refractivity contribution in [2.75, 3.05) is 13.2 Å². The normalized spacial score (nSPS) is 11.2. The Bertz CT molecular complexity index is 1720. The summed E-state index contributed by atoms with van der Waals surface area (Å²) in [4.78, 5) is 31.7. The van der Waals surface area contributed by atoms with Gasteiger partial charge in [0.1, 0.15) is 10.8 Å². The van der Waals surface area contributed by atoms with E-state index in [-0.39, 0.29) is 18.0 Å². The van der Waals surface area contributed by atoms with Gasteiger partial charge in [-0.15, -0.1) is 11.3 Å². The molecule has 0 atom stereocenters. The monoisotopic (exact) mass is 538 g/mol. The van der Waals surface area contributed by atoms with Gasteiger partial charge in [0, 0.05) is 21.9 Å². The van der Waals surface area contributed by atoms with Crippen LogP contribution in [-0.2, 0) is 4.74 Å². The number of thiophene rings is 1. The molecule has 0 amide bonds. The van der Waals surface area contributed by atoms with Gasteiger partial charge in [-0.3, -0.25) is 4.79 Å². The van der Waals surface area contributed by atoms with Crippen molar-refractivity contribution in [3.05, 3.63) is 106 Å². The van der Waals surface area contributed by atoms with E-state index in [1.165, 1.54) is 22.1 Å². The van der Waals surface area contributed by atoms with Crippen molar-refractivity contribution in [2.45, 2.75) is 13.8 Å². The van der Waals surface area contributed by atoms with Crippen LogP contribution in [-0.4, -0.2) is 35.1 Å². The Morgan fingerprint density at radius 3 is 2.33 bits per heavy atom. The Hall–Kier alpha value is -4.69. The molecule has 0 bridgehead atoms. The molecule has 0 aliphatic carbocycles. The molecule has 0 radical (unpaired) electrons. The van der Waals surface area contributed by atoms with Crippen LogP contribution < -0.4 is 10.3 Å². The number of carbonyl (C=O) groups excluding carboxylic acids is 1. The lowest BCUT2D eigenvalue weighted by molar-refractivity contribution is 0.0528. The van der Waals surface area contributed by atoms with E-state index in [0.29, 0.717) is 44.9 Å². The van der Waals surface area contributed by atoms with Crippen LogP contribution >= 0.6 is 11.3 Å². The molecule has 0 aliphatic rings. The Balaban J connectivity index is 1.65. The number of hydrogen-bond acceptors (Lipinski definition) is 7. The quantitative estimate of drug-likeness (QED) is 0.174. The fourth-order valence-electron chi connectivity index (χ4n) is 4.29. The van der Waals surface area contributed by atoms with Gasteiger partial charge in [-0.25, -0.2) is 14.4 Å². The molecule has 0 aliphatic heterocycles. The molecule has 7 nitrogen and oxygen atoms in total. The van der Waals surface area contributed by atoms with E-state index in [1.54, 1.807) is 61.5 Å². The van der Waals surface area contributed by atoms with E-state index in [4.69, 9.17) is 9.47 Å². The van der Waals surface area contributed by atoms with E-state index >= 15 is 0 Å². The SMILES string of the molecule is CCOC(=O)c1cc(-c2ccccc2)sc1/N=C/c1c(O)n(-c2ccc(OCC)cc2)c(=O)c2ccccc12. The Labute approximate surface area is 229 Å². The highest BCUT2D eigenvalue weighted by molar-refractivity contribution is 7.19. The maximum absolute atomic E-state index is 13.4. The van der Waals surface area contributed by atoms with Crippen molar-refractivity contribution in [1.82, 2.24) is 4.57 Å². The van der Waals surface area contributed by atoms with Crippen LogP contribution in [0.2, 0.25) is 0 Å². The number of benzene rings is 3. The number of fused-ring (bicyclic) bond motifs is 1. The molecular formula is C31H26N2O5S. The van der Waals surface area contributed by atoms with Crippen LogP contribution in [0, 0.1) is 0 Å². The Kier molecular flexibility index (Phi) is 7.56. The number of nitrogens with zero attached hydrogens (tertiary/aromatic N) is 2. The molecule has 1 N–H and O–H groups in total. The first-order valence-corrected chi connectivity index (χ1v) is 13.3. The highest BCUT2D eigenvalue weighted by Crippen LogP contribution is 2.38. The topological polar surface area (TPSA) is 90.1 Å². The lowest BCUT2D eigenvalue weighted by atomic mass is 10.1. The first kappa shape index (κ1) is 25.9. The summed E-state index contributed by atoms with van der Waals surface area (Å²) in [6.45, 7) is 4.39. The molecule has 0 saturated heterocycles. The summed E-state index contributed by atoms with van der Waals surface area (Å²) in [6, 6.07) is 25.4. The molecule has 5 rings (SSSR count). The molecule has 8 heteroatoms. The van der Waals surface area contributed by atoms with Crippen LogP contribution in [0.25, 0.3) is 26.9 Å². The molecule has 2 aromatic heterocycles. The van der Waals surface area contributed by atoms with E-state index in [1.807, 2.05) is 37.3 Å². The van der Waals surface area contributed by atoms with Gasteiger partial charge in [0.15, 0.2) is 0 Å². The van der Waals surface area contributed by atoms with Crippen molar-refractivity contribution in [1.29, 1.82) is 0 Å². The zero-order chi connectivity index (χ0) is 27.4. The molecule has 0 spiro atoms. The van der Waals surface area contributed by atoms with E-state index in [2.05, 4.69) is 4.99 Å². The Morgan fingerprint density at radius 2 is 1.64 bits per heavy atom. The van der Waals surface area contributed by atoms with Crippen LogP contribution in [0.1, 0.15) is 29.8 Å². The smallest absolute Gasteiger partial charge is 0.341 e. The van der Waals surface area contributed by atoms with E-state index < -0.39 is 5.97 Å². The second-order valence-electron chi connectivity index (χ2n) is 8.52. The third kappa shape index (κ3) is 5.19. The zero-order valence-electron chi connectivity index (χ0n) is 21.5. The molecule has 0 saturated carbocycles. The maximum atomic E-state index is 13.4. The summed E-state index contributed by atoms with van der Waals surface area (Å²) in [5, 5.41) is 12.8. The van der Waals surface area contributed by atoms with Crippen molar-refractivity contribution in [3.63, 3.8) is 0 Å². The molecular weight excluding hydrogens is 512 g/mol. The summed E-state index contributed by atoms with van der Waals surface area (Å²) >= 11 is 1.34. The molecule has 39 heavy (non-hydrogen) atoms. The lowest BCUT2D eigenvalue weighted by Gasteiger charge is -2.14. The second-order valence-corrected chi connectivity index (χ2v) is 9.56. The third-order valence-corrected chi connectivity index (χ3v) is 7.18. The first-order valence-electron chi connectivity index (χ1n) is 12.5. The first-order chi connectivity index (χ1) is 19.0. The fraction of sp³-hybridized carbons (Fsp3) is 0.129. The number of rotatable bonds is 8.